The van der Waals surface area contributed by atoms with Gasteiger partial charge in [-0.05, 0) is 101 Å². The minimum atomic E-state index is 0.476. The standard InChI is InChI=1S/C91H55N11/c92-56-66-54-65(89-94-86(59-25-7-2-8-26-59)93-87(95-89)60-27-9-3-10-28-60)47-51-76(66)101-78-40-18-14-35-69(78)72-50-52-81-82(83(72)101)75-38-16-20-42-80(75)99(81)68-34-22-30-63(55-68)62-29-21-31-64(53-62)90-96-88(61-45-43-58(44-46-61)57-23-5-1-6-24-57)97-91(98-90)102-79-41-19-15-37-71(79)74-49-48-73-70-36-13-17-39-77(70)100(84(73)85(74)102)67-32-11-4-12-33-67/h1-55H. The quantitative estimate of drug-likeness (QED) is 0.126. The third-order valence-corrected chi connectivity index (χ3v) is 19.9. The number of nitrogens with zero attached hydrogens (tertiary/aromatic N) is 11. The Hall–Kier alpha value is -14.2. The highest BCUT2D eigenvalue weighted by atomic mass is 15.2. The molecule has 0 saturated heterocycles. The maximum atomic E-state index is 11.3. The molecule has 0 fully saturated rings. The van der Waals surface area contributed by atoms with Gasteiger partial charge < -0.3 is 13.7 Å². The van der Waals surface area contributed by atoms with Crippen LogP contribution in [0.25, 0.3) is 189 Å². The minimum absolute atomic E-state index is 0.476. The second kappa shape index (κ2) is 23.5. The predicted molar refractivity (Wildman–Crippen MR) is 413 cm³/mol. The summed E-state index contributed by atoms with van der Waals surface area (Å²) in [5, 5.41) is 20.1. The molecule has 0 unspecified atom stereocenters. The van der Waals surface area contributed by atoms with Gasteiger partial charge in [-0.1, -0.05) is 255 Å². The van der Waals surface area contributed by atoms with Gasteiger partial charge in [-0.25, -0.2) is 19.9 Å². The molecule has 102 heavy (non-hydrogen) atoms. The summed E-state index contributed by atoms with van der Waals surface area (Å²) in [5.41, 5.74) is 19.9. The first-order valence-corrected chi connectivity index (χ1v) is 34.1. The van der Waals surface area contributed by atoms with Crippen LogP contribution < -0.4 is 0 Å². The van der Waals surface area contributed by atoms with Crippen LogP contribution in [0.4, 0.5) is 0 Å². The molecule has 0 aliphatic rings. The van der Waals surface area contributed by atoms with E-state index in [2.05, 4.69) is 273 Å². The number of hydrogen-bond acceptors (Lipinski definition) is 7. The van der Waals surface area contributed by atoms with Crippen LogP contribution in [0.15, 0.2) is 334 Å². The molecular weight excluding hydrogens is 1250 g/mol. The van der Waals surface area contributed by atoms with Crippen LogP contribution in [0.1, 0.15) is 5.56 Å². The van der Waals surface area contributed by atoms with Gasteiger partial charge in [0.15, 0.2) is 29.1 Å². The van der Waals surface area contributed by atoms with E-state index < -0.39 is 0 Å². The van der Waals surface area contributed by atoms with Gasteiger partial charge in [0.05, 0.1) is 55.4 Å². The van der Waals surface area contributed by atoms with Crippen LogP contribution >= 0.6 is 0 Å². The van der Waals surface area contributed by atoms with Gasteiger partial charge in [0.2, 0.25) is 5.95 Å². The number of benzene rings is 14. The zero-order valence-corrected chi connectivity index (χ0v) is 54.7. The maximum Gasteiger partial charge on any atom is 0.238 e. The SMILES string of the molecule is N#Cc1cc(-c2nc(-c3ccccc3)nc(-c3ccccc3)n2)ccc1-n1c2ccccc2c2ccc3c(c4ccccc4n3-c3cccc(-c4cccc(-c5nc(-c6ccc(-c7ccccc7)cc6)nc(-n6c7ccccc7c7ccc8c9ccccc9n(-c9ccccc9)c8c76)n5)c4)c3)c21. The first kappa shape index (κ1) is 58.0. The van der Waals surface area contributed by atoms with Gasteiger partial charge in [-0.15, -0.1) is 0 Å². The molecule has 20 rings (SSSR count). The number of rotatable bonds is 11. The van der Waals surface area contributed by atoms with Crippen molar-refractivity contribution in [3.05, 3.63) is 339 Å². The lowest BCUT2D eigenvalue weighted by atomic mass is 10.0. The van der Waals surface area contributed by atoms with Gasteiger partial charge in [0.25, 0.3) is 0 Å². The monoisotopic (exact) mass is 1300 g/mol. The lowest BCUT2D eigenvalue weighted by Gasteiger charge is -2.14. The highest BCUT2D eigenvalue weighted by Gasteiger charge is 2.27. The summed E-state index contributed by atoms with van der Waals surface area (Å²) in [6.07, 6.45) is 0. The van der Waals surface area contributed by atoms with Crippen molar-refractivity contribution in [1.82, 2.24) is 48.2 Å². The van der Waals surface area contributed by atoms with E-state index in [1.165, 1.54) is 0 Å². The fourth-order valence-corrected chi connectivity index (χ4v) is 15.3. The van der Waals surface area contributed by atoms with E-state index in [4.69, 9.17) is 29.9 Å². The van der Waals surface area contributed by atoms with Crippen LogP contribution in [-0.2, 0) is 0 Å². The Morgan fingerprint density at radius 1 is 0.225 bits per heavy atom. The van der Waals surface area contributed by atoms with Gasteiger partial charge in [-0.3, -0.25) is 4.57 Å². The molecule has 6 aromatic heterocycles. The second-order valence-electron chi connectivity index (χ2n) is 25.7. The minimum Gasteiger partial charge on any atom is -0.309 e. The molecule has 0 N–H and O–H groups in total. The molecular formula is C91H55N11. The Morgan fingerprint density at radius 3 is 1.22 bits per heavy atom. The number of aromatic nitrogens is 10. The topological polar surface area (TPSA) is 121 Å². The van der Waals surface area contributed by atoms with Crippen molar-refractivity contribution in [1.29, 1.82) is 5.26 Å². The van der Waals surface area contributed by atoms with Crippen LogP contribution in [-0.4, -0.2) is 48.2 Å². The third kappa shape index (κ3) is 9.35. The van der Waals surface area contributed by atoms with E-state index in [0.717, 1.165) is 149 Å². The molecule has 0 bridgehead atoms. The van der Waals surface area contributed by atoms with E-state index in [1.54, 1.807) is 0 Å². The second-order valence-corrected chi connectivity index (χ2v) is 25.7. The van der Waals surface area contributed by atoms with Crippen molar-refractivity contribution in [3.63, 3.8) is 0 Å². The summed E-state index contributed by atoms with van der Waals surface area (Å²) >= 11 is 0. The molecule has 0 aliphatic heterocycles. The zero-order valence-electron chi connectivity index (χ0n) is 54.7. The Kier molecular flexibility index (Phi) is 13.4. The van der Waals surface area contributed by atoms with Crippen molar-refractivity contribution in [2.75, 3.05) is 0 Å². The molecule has 20 aromatic rings. The summed E-state index contributed by atoms with van der Waals surface area (Å²) in [4.78, 5) is 31.5. The highest BCUT2D eigenvalue weighted by molar-refractivity contribution is 6.27. The molecule has 0 amide bonds. The number of fused-ring (bicyclic) bond motifs is 14. The summed E-state index contributed by atoms with van der Waals surface area (Å²) in [6.45, 7) is 0. The third-order valence-electron chi connectivity index (χ3n) is 19.9. The summed E-state index contributed by atoms with van der Waals surface area (Å²) in [6, 6.07) is 119. The lowest BCUT2D eigenvalue weighted by molar-refractivity contribution is 0.953. The first-order valence-electron chi connectivity index (χ1n) is 34.1. The molecule has 11 nitrogen and oxygen atoms in total. The van der Waals surface area contributed by atoms with Crippen molar-refractivity contribution in [2.45, 2.75) is 0 Å². The van der Waals surface area contributed by atoms with Gasteiger partial charge in [-0.2, -0.15) is 15.2 Å². The average Bonchev–Trinajstić information content (AvgIpc) is 1.55. The summed E-state index contributed by atoms with van der Waals surface area (Å²) < 4.78 is 9.29. The number of hydrogen-bond donors (Lipinski definition) is 0. The Bertz CT molecular complexity index is 6750. The number of nitriles is 1. The number of para-hydroxylation sites is 5. The fourth-order valence-electron chi connectivity index (χ4n) is 15.3. The molecule has 14 aromatic carbocycles. The smallest absolute Gasteiger partial charge is 0.238 e. The van der Waals surface area contributed by atoms with Gasteiger partial charge in [0.1, 0.15) is 6.07 Å². The van der Waals surface area contributed by atoms with E-state index in [1.807, 2.05) is 84.9 Å². The molecule has 0 saturated carbocycles. The van der Waals surface area contributed by atoms with E-state index in [0.29, 0.717) is 46.2 Å². The zero-order chi connectivity index (χ0) is 67.4. The van der Waals surface area contributed by atoms with Crippen LogP contribution in [0.2, 0.25) is 0 Å². The molecule has 0 atom stereocenters. The van der Waals surface area contributed by atoms with Gasteiger partial charge in [0, 0.05) is 82.3 Å². The summed E-state index contributed by atoms with van der Waals surface area (Å²) in [7, 11) is 0. The molecule has 474 valence electrons. The van der Waals surface area contributed by atoms with Crippen LogP contribution in [0, 0.1) is 11.3 Å². The van der Waals surface area contributed by atoms with Crippen molar-refractivity contribution < 1.29 is 0 Å². The molecule has 0 spiro atoms. The predicted octanol–water partition coefficient (Wildman–Crippen LogP) is 22.0. The largest absolute Gasteiger partial charge is 0.309 e. The molecule has 11 heteroatoms. The Morgan fingerprint density at radius 2 is 0.608 bits per heavy atom. The highest BCUT2D eigenvalue weighted by Crippen LogP contribution is 2.46. The average molecular weight is 1300 g/mol. The van der Waals surface area contributed by atoms with Crippen molar-refractivity contribution >= 4 is 87.2 Å². The molecule has 0 radical (unpaired) electrons. The Labute approximate surface area is 584 Å². The fraction of sp³-hybridized carbons (Fsp3) is 0. The normalized spacial score (nSPS) is 11.7. The van der Waals surface area contributed by atoms with Crippen molar-refractivity contribution in [2.24, 2.45) is 0 Å². The first-order chi connectivity index (χ1) is 50.5. The van der Waals surface area contributed by atoms with E-state index in [9.17, 15) is 5.26 Å². The Balaban J connectivity index is 0.741. The lowest BCUT2D eigenvalue weighted by Crippen LogP contribution is -2.07. The maximum absolute atomic E-state index is 11.3. The van der Waals surface area contributed by atoms with Gasteiger partial charge >= 0.3 is 0 Å². The summed E-state index contributed by atoms with van der Waals surface area (Å²) in [5.74, 6) is 3.18. The van der Waals surface area contributed by atoms with E-state index >= 15 is 0 Å². The van der Waals surface area contributed by atoms with Crippen LogP contribution in [0.3, 0.4) is 0 Å². The molecule has 6 heterocycles. The van der Waals surface area contributed by atoms with Crippen molar-refractivity contribution in [3.8, 4) is 108 Å². The van der Waals surface area contributed by atoms with E-state index in [-0.39, 0.29) is 0 Å². The molecule has 0 aliphatic carbocycles. The van der Waals surface area contributed by atoms with Crippen LogP contribution in [0.5, 0.6) is 0 Å².